The standard InChI is InChI=1S/C10H11Cl.C3H8/c1-7(2)9-5-4-8(3)6-10(9)11;1-3-2/h4-6H,1H2,2-3H3;3H2,1-2H3. The number of halogens is 1. The SMILES string of the molecule is C=C(C)c1ccc(C)cc1Cl.CCC. The summed E-state index contributed by atoms with van der Waals surface area (Å²) >= 11 is 5.96. The van der Waals surface area contributed by atoms with Gasteiger partial charge in [0, 0.05) is 5.02 Å². The van der Waals surface area contributed by atoms with Gasteiger partial charge in [0.05, 0.1) is 0 Å². The van der Waals surface area contributed by atoms with Crippen molar-refractivity contribution in [1.29, 1.82) is 0 Å². The lowest BCUT2D eigenvalue weighted by atomic mass is 10.1. The van der Waals surface area contributed by atoms with Crippen LogP contribution in [0.2, 0.25) is 5.02 Å². The minimum atomic E-state index is 0.789. The number of benzene rings is 1. The highest BCUT2D eigenvalue weighted by Crippen LogP contribution is 2.22. The topological polar surface area (TPSA) is 0 Å². The molecule has 1 aromatic rings. The zero-order chi connectivity index (χ0) is 11.1. The van der Waals surface area contributed by atoms with Crippen molar-refractivity contribution in [2.75, 3.05) is 0 Å². The van der Waals surface area contributed by atoms with Crippen LogP contribution in [0.3, 0.4) is 0 Å². The first-order chi connectivity index (χ1) is 6.52. The van der Waals surface area contributed by atoms with Crippen molar-refractivity contribution in [3.8, 4) is 0 Å². The molecule has 0 unspecified atom stereocenters. The van der Waals surface area contributed by atoms with Crippen LogP contribution in [-0.2, 0) is 0 Å². The lowest BCUT2D eigenvalue weighted by Gasteiger charge is -2.02. The van der Waals surface area contributed by atoms with Crippen LogP contribution in [0.5, 0.6) is 0 Å². The van der Waals surface area contributed by atoms with Crippen molar-refractivity contribution >= 4 is 17.2 Å². The van der Waals surface area contributed by atoms with Crippen LogP contribution < -0.4 is 0 Å². The van der Waals surface area contributed by atoms with Crippen LogP contribution in [0.15, 0.2) is 24.8 Å². The lowest BCUT2D eigenvalue weighted by Crippen LogP contribution is -1.80. The predicted molar refractivity (Wildman–Crippen MR) is 66.9 cm³/mol. The van der Waals surface area contributed by atoms with Gasteiger partial charge in [0.25, 0.3) is 0 Å². The number of hydrogen-bond acceptors (Lipinski definition) is 0. The molecule has 0 amide bonds. The third-order valence-electron chi connectivity index (χ3n) is 1.58. The largest absolute Gasteiger partial charge is 0.0955 e. The molecule has 1 rings (SSSR count). The molecule has 0 saturated carbocycles. The van der Waals surface area contributed by atoms with Gasteiger partial charge in [-0.25, -0.2) is 0 Å². The van der Waals surface area contributed by atoms with Crippen molar-refractivity contribution in [2.45, 2.75) is 34.1 Å². The molecule has 0 aromatic heterocycles. The van der Waals surface area contributed by atoms with Crippen molar-refractivity contribution in [1.82, 2.24) is 0 Å². The Morgan fingerprint density at radius 2 is 1.86 bits per heavy atom. The third kappa shape index (κ3) is 4.48. The average molecular weight is 211 g/mol. The number of aryl methyl sites for hydroxylation is 1. The van der Waals surface area contributed by atoms with Crippen LogP contribution in [0.1, 0.15) is 38.3 Å². The molecule has 0 aliphatic heterocycles. The Kier molecular flexibility index (Phi) is 6.31. The molecule has 0 spiro atoms. The van der Waals surface area contributed by atoms with Crippen LogP contribution in [0, 0.1) is 6.92 Å². The van der Waals surface area contributed by atoms with Crippen LogP contribution in [-0.4, -0.2) is 0 Å². The van der Waals surface area contributed by atoms with Gasteiger partial charge >= 0.3 is 0 Å². The van der Waals surface area contributed by atoms with E-state index in [1.165, 1.54) is 12.0 Å². The van der Waals surface area contributed by atoms with Gasteiger partial charge in [0.1, 0.15) is 0 Å². The van der Waals surface area contributed by atoms with E-state index in [2.05, 4.69) is 20.4 Å². The second-order valence-electron chi connectivity index (χ2n) is 3.47. The van der Waals surface area contributed by atoms with E-state index in [0.717, 1.165) is 16.2 Å². The van der Waals surface area contributed by atoms with Gasteiger partial charge in [0.15, 0.2) is 0 Å². The van der Waals surface area contributed by atoms with E-state index in [1.807, 2.05) is 32.0 Å². The molecule has 0 radical (unpaired) electrons. The Balaban J connectivity index is 0.000000500. The van der Waals surface area contributed by atoms with E-state index >= 15 is 0 Å². The zero-order valence-corrected chi connectivity index (χ0v) is 10.3. The average Bonchev–Trinajstić information content (AvgIpc) is 2.04. The van der Waals surface area contributed by atoms with E-state index in [-0.39, 0.29) is 0 Å². The first kappa shape index (κ1) is 13.2. The van der Waals surface area contributed by atoms with Gasteiger partial charge < -0.3 is 0 Å². The minimum Gasteiger partial charge on any atom is -0.0955 e. The molecule has 1 aromatic carbocycles. The second-order valence-corrected chi connectivity index (χ2v) is 3.88. The summed E-state index contributed by atoms with van der Waals surface area (Å²) in [4.78, 5) is 0. The van der Waals surface area contributed by atoms with Gasteiger partial charge in [-0.15, -0.1) is 0 Å². The van der Waals surface area contributed by atoms with E-state index in [0.29, 0.717) is 0 Å². The first-order valence-electron chi connectivity index (χ1n) is 4.94. The highest BCUT2D eigenvalue weighted by molar-refractivity contribution is 6.32. The molecule has 78 valence electrons. The number of allylic oxidation sites excluding steroid dienone is 1. The highest BCUT2D eigenvalue weighted by Gasteiger charge is 1.99. The lowest BCUT2D eigenvalue weighted by molar-refractivity contribution is 1.09. The summed E-state index contributed by atoms with van der Waals surface area (Å²) in [5, 5.41) is 0.789. The Bertz CT molecular complexity index is 300. The first-order valence-corrected chi connectivity index (χ1v) is 5.32. The zero-order valence-electron chi connectivity index (χ0n) is 9.52. The fraction of sp³-hybridized carbons (Fsp3) is 0.385. The molecule has 1 heteroatoms. The quantitative estimate of drug-likeness (QED) is 0.605. The van der Waals surface area contributed by atoms with Gasteiger partial charge in [-0.05, 0) is 36.6 Å². The molecule has 0 atom stereocenters. The molecule has 0 heterocycles. The molecule has 0 aliphatic carbocycles. The maximum Gasteiger partial charge on any atom is 0.0483 e. The van der Waals surface area contributed by atoms with E-state index in [1.54, 1.807) is 0 Å². The molecule has 0 saturated heterocycles. The van der Waals surface area contributed by atoms with Crippen molar-refractivity contribution < 1.29 is 0 Å². The highest BCUT2D eigenvalue weighted by atomic mass is 35.5. The van der Waals surface area contributed by atoms with E-state index in [4.69, 9.17) is 11.6 Å². The molecular formula is C13H19Cl. The summed E-state index contributed by atoms with van der Waals surface area (Å²) in [6.07, 6.45) is 1.25. The Morgan fingerprint density at radius 3 is 2.21 bits per heavy atom. The summed E-state index contributed by atoms with van der Waals surface area (Å²) in [5.41, 5.74) is 3.23. The smallest absolute Gasteiger partial charge is 0.0483 e. The van der Waals surface area contributed by atoms with Gasteiger partial charge in [-0.1, -0.05) is 50.6 Å². The summed E-state index contributed by atoms with van der Waals surface area (Å²) in [7, 11) is 0. The van der Waals surface area contributed by atoms with Crippen LogP contribution in [0.4, 0.5) is 0 Å². The monoisotopic (exact) mass is 210 g/mol. The molecular weight excluding hydrogens is 192 g/mol. The molecule has 0 aliphatic rings. The number of rotatable bonds is 1. The summed E-state index contributed by atoms with van der Waals surface area (Å²) in [6.45, 7) is 12.1. The van der Waals surface area contributed by atoms with E-state index < -0.39 is 0 Å². The summed E-state index contributed by atoms with van der Waals surface area (Å²) in [5.74, 6) is 0. The van der Waals surface area contributed by atoms with Crippen molar-refractivity contribution in [3.05, 3.63) is 40.9 Å². The normalized spacial score (nSPS) is 8.93. The van der Waals surface area contributed by atoms with Crippen LogP contribution in [0.25, 0.3) is 5.57 Å². The summed E-state index contributed by atoms with van der Waals surface area (Å²) in [6, 6.07) is 5.99. The Labute approximate surface area is 92.6 Å². The molecule has 0 nitrogen and oxygen atoms in total. The van der Waals surface area contributed by atoms with Gasteiger partial charge in [0.2, 0.25) is 0 Å². The van der Waals surface area contributed by atoms with Gasteiger partial charge in [-0.3, -0.25) is 0 Å². The Hall–Kier alpha value is -0.750. The minimum absolute atomic E-state index is 0.789. The predicted octanol–water partition coefficient (Wildman–Crippen LogP) is 5.10. The van der Waals surface area contributed by atoms with Gasteiger partial charge in [-0.2, -0.15) is 0 Å². The maximum atomic E-state index is 5.96. The molecule has 0 fully saturated rings. The molecule has 14 heavy (non-hydrogen) atoms. The fourth-order valence-corrected chi connectivity index (χ4v) is 1.36. The summed E-state index contributed by atoms with van der Waals surface area (Å²) < 4.78 is 0. The molecule has 0 N–H and O–H groups in total. The Morgan fingerprint density at radius 1 is 1.36 bits per heavy atom. The van der Waals surface area contributed by atoms with E-state index in [9.17, 15) is 0 Å². The van der Waals surface area contributed by atoms with Crippen LogP contribution >= 0.6 is 11.6 Å². The van der Waals surface area contributed by atoms with Crippen molar-refractivity contribution in [3.63, 3.8) is 0 Å². The third-order valence-corrected chi connectivity index (χ3v) is 1.90. The fourth-order valence-electron chi connectivity index (χ4n) is 0.966. The number of hydrogen-bond donors (Lipinski definition) is 0. The second kappa shape index (κ2) is 6.67. The van der Waals surface area contributed by atoms with Crippen molar-refractivity contribution in [2.24, 2.45) is 0 Å². The molecule has 0 bridgehead atoms. The maximum absolute atomic E-state index is 5.96.